The first kappa shape index (κ1) is 24.0. The molecule has 1 fully saturated rings. The molecule has 0 amide bonds. The van der Waals surface area contributed by atoms with Gasteiger partial charge in [0.2, 0.25) is 0 Å². The molecule has 3 aromatic rings. The Bertz CT molecular complexity index is 1350. The fraction of sp³-hybridized carbons (Fsp3) is 0.360. The number of nitrogens with zero attached hydrogens (tertiary/aromatic N) is 3. The molecule has 2 N–H and O–H groups in total. The Morgan fingerprint density at radius 1 is 1.11 bits per heavy atom. The number of fused-ring (bicyclic) bond motifs is 1. The van der Waals surface area contributed by atoms with Gasteiger partial charge in [-0.15, -0.1) is 0 Å². The van der Waals surface area contributed by atoms with E-state index in [0.717, 1.165) is 10.7 Å². The quantitative estimate of drug-likeness (QED) is 0.552. The number of methoxy groups -OCH3 is 2. The summed E-state index contributed by atoms with van der Waals surface area (Å²) in [7, 11) is 2.99. The summed E-state index contributed by atoms with van der Waals surface area (Å²) in [4.78, 5) is 15.2. The molecule has 0 radical (unpaired) electrons. The van der Waals surface area contributed by atoms with E-state index >= 15 is 0 Å². The van der Waals surface area contributed by atoms with Gasteiger partial charge in [0.1, 0.15) is 17.2 Å². The Morgan fingerprint density at radius 3 is 2.44 bits per heavy atom. The summed E-state index contributed by atoms with van der Waals surface area (Å²) in [6.45, 7) is 1.25. The number of benzene rings is 2. The van der Waals surface area contributed by atoms with Crippen molar-refractivity contribution < 1.29 is 27.8 Å². The zero-order valence-corrected chi connectivity index (χ0v) is 19.7. The molecule has 190 valence electrons. The first-order chi connectivity index (χ1) is 17.2. The molecule has 0 unspecified atom stereocenters. The predicted octanol–water partition coefficient (Wildman–Crippen LogP) is 3.47. The van der Waals surface area contributed by atoms with E-state index < -0.39 is 23.4 Å². The van der Waals surface area contributed by atoms with E-state index in [-0.39, 0.29) is 11.4 Å². The molecule has 0 spiro atoms. The number of hydrogen-bond donors (Lipinski definition) is 2. The predicted molar refractivity (Wildman–Crippen MR) is 128 cm³/mol. The molecule has 0 saturated carbocycles. The Morgan fingerprint density at radius 2 is 1.83 bits per heavy atom. The van der Waals surface area contributed by atoms with Crippen molar-refractivity contribution in [3.63, 3.8) is 0 Å². The monoisotopic (exact) mass is 502 g/mol. The highest BCUT2D eigenvalue weighted by molar-refractivity contribution is 5.74. The third-order valence-electron chi connectivity index (χ3n) is 6.54. The first-order valence-corrected chi connectivity index (χ1v) is 11.5. The van der Waals surface area contributed by atoms with E-state index in [1.54, 1.807) is 23.1 Å². The first-order valence-electron chi connectivity index (χ1n) is 11.5. The van der Waals surface area contributed by atoms with Crippen molar-refractivity contribution in [2.45, 2.75) is 25.1 Å². The van der Waals surface area contributed by atoms with Crippen LogP contribution in [0.2, 0.25) is 0 Å². The van der Waals surface area contributed by atoms with Crippen LogP contribution in [-0.4, -0.2) is 54.8 Å². The zero-order chi connectivity index (χ0) is 25.6. The van der Waals surface area contributed by atoms with Gasteiger partial charge in [-0.3, -0.25) is 4.79 Å². The Balaban J connectivity index is 1.75. The molecular weight excluding hydrogens is 477 g/mol. The summed E-state index contributed by atoms with van der Waals surface area (Å²) in [6, 6.07) is 8.70. The maximum atomic E-state index is 14.1. The molecule has 1 saturated heterocycles. The molecule has 11 heteroatoms. The van der Waals surface area contributed by atoms with Gasteiger partial charge in [-0.05, 0) is 43.2 Å². The summed E-state index contributed by atoms with van der Waals surface area (Å²) >= 11 is 0. The number of halogens is 3. The van der Waals surface area contributed by atoms with E-state index in [1.807, 2.05) is 0 Å². The fourth-order valence-corrected chi connectivity index (χ4v) is 4.74. The second-order valence-corrected chi connectivity index (χ2v) is 8.78. The topological polar surface area (TPSA) is 88.8 Å². The number of aliphatic hydroxyl groups is 1. The SMILES string of the molecule is COc1cc(OC)cc(-c2nn(-c3cc(N4CC[C@@H](O)C4)ccc3C(F)(F)F)c(=O)c3c2CCN3)c1. The van der Waals surface area contributed by atoms with Crippen molar-refractivity contribution >= 4 is 11.4 Å². The van der Waals surface area contributed by atoms with Crippen LogP contribution in [0.1, 0.15) is 17.5 Å². The lowest BCUT2D eigenvalue weighted by Crippen LogP contribution is -2.28. The van der Waals surface area contributed by atoms with Gasteiger partial charge in [0, 0.05) is 42.5 Å². The normalized spacial score (nSPS) is 17.2. The van der Waals surface area contributed by atoms with E-state index in [2.05, 4.69) is 10.4 Å². The summed E-state index contributed by atoms with van der Waals surface area (Å²) < 4.78 is 53.8. The molecular formula is C25H25F3N4O4. The van der Waals surface area contributed by atoms with Gasteiger partial charge in [-0.2, -0.15) is 23.0 Å². The molecule has 2 aromatic carbocycles. The standard InChI is InChI=1S/C25H25F3N4O4/c1-35-17-9-14(10-18(12-17)36-2)22-19-5-7-29-23(19)24(34)32(30-22)21-11-15(31-8-6-16(33)13-31)3-4-20(21)25(26,27)28/h3-4,9-12,16,29,33H,5-8,13H2,1-2H3/t16-/m1/s1. The minimum absolute atomic E-state index is 0.219. The molecule has 8 nitrogen and oxygen atoms in total. The van der Waals surface area contributed by atoms with E-state index in [1.165, 1.54) is 26.4 Å². The van der Waals surface area contributed by atoms with Gasteiger partial charge in [0.25, 0.3) is 5.56 Å². The van der Waals surface area contributed by atoms with Crippen LogP contribution >= 0.6 is 0 Å². The molecule has 5 rings (SSSR count). The lowest BCUT2D eigenvalue weighted by atomic mass is 10.0. The van der Waals surface area contributed by atoms with Crippen molar-refractivity contribution in [3.05, 3.63) is 57.9 Å². The Hall–Kier alpha value is -3.73. The lowest BCUT2D eigenvalue weighted by Gasteiger charge is -2.22. The van der Waals surface area contributed by atoms with Crippen LogP contribution in [0.4, 0.5) is 24.5 Å². The smallest absolute Gasteiger partial charge is 0.418 e. The number of anilines is 2. The molecule has 3 heterocycles. The summed E-state index contributed by atoms with van der Waals surface area (Å²) in [5.41, 5.74) is 0.211. The average Bonchev–Trinajstić information content (AvgIpc) is 3.53. The molecule has 2 aliphatic rings. The van der Waals surface area contributed by atoms with Crippen LogP contribution in [0.15, 0.2) is 41.2 Å². The van der Waals surface area contributed by atoms with Crippen molar-refractivity contribution in [2.24, 2.45) is 0 Å². The molecule has 0 aliphatic carbocycles. The number of ether oxygens (including phenoxy) is 2. The van der Waals surface area contributed by atoms with E-state index in [4.69, 9.17) is 9.47 Å². The van der Waals surface area contributed by atoms with Crippen molar-refractivity contribution in [3.8, 4) is 28.4 Å². The Labute approximate surface area is 204 Å². The highest BCUT2D eigenvalue weighted by atomic mass is 19.4. The molecule has 36 heavy (non-hydrogen) atoms. The maximum Gasteiger partial charge on any atom is 0.418 e. The number of hydrogen-bond acceptors (Lipinski definition) is 7. The van der Waals surface area contributed by atoms with Gasteiger partial charge in [-0.25, -0.2) is 0 Å². The average molecular weight is 502 g/mol. The van der Waals surface area contributed by atoms with Crippen molar-refractivity contribution in [1.29, 1.82) is 0 Å². The minimum Gasteiger partial charge on any atom is -0.497 e. The fourth-order valence-electron chi connectivity index (χ4n) is 4.74. The largest absolute Gasteiger partial charge is 0.497 e. The molecule has 1 atom stereocenters. The van der Waals surface area contributed by atoms with Gasteiger partial charge in [0.05, 0.1) is 37.3 Å². The highest BCUT2D eigenvalue weighted by Gasteiger charge is 2.36. The third-order valence-corrected chi connectivity index (χ3v) is 6.54. The molecule has 1 aromatic heterocycles. The van der Waals surface area contributed by atoms with E-state index in [0.29, 0.717) is 66.5 Å². The maximum absolute atomic E-state index is 14.1. The summed E-state index contributed by atoms with van der Waals surface area (Å²) in [6.07, 6.45) is -4.27. The van der Waals surface area contributed by atoms with E-state index in [9.17, 15) is 23.1 Å². The number of aromatic nitrogens is 2. The van der Waals surface area contributed by atoms with Crippen LogP contribution < -0.4 is 25.2 Å². The zero-order valence-electron chi connectivity index (χ0n) is 19.7. The van der Waals surface area contributed by atoms with Gasteiger partial charge < -0.3 is 24.8 Å². The number of β-amino-alcohol motifs (C(OH)–C–C–N with tert-alkyl or cyclic N) is 1. The van der Waals surface area contributed by atoms with Crippen LogP contribution in [0.5, 0.6) is 11.5 Å². The summed E-state index contributed by atoms with van der Waals surface area (Å²) in [5.74, 6) is 0.961. The second-order valence-electron chi connectivity index (χ2n) is 8.78. The van der Waals surface area contributed by atoms with Crippen molar-refractivity contribution in [1.82, 2.24) is 9.78 Å². The van der Waals surface area contributed by atoms with Crippen LogP contribution in [0, 0.1) is 0 Å². The van der Waals surface area contributed by atoms with Gasteiger partial charge in [0.15, 0.2) is 0 Å². The van der Waals surface area contributed by atoms with Gasteiger partial charge >= 0.3 is 6.18 Å². The molecule has 0 bridgehead atoms. The molecule has 2 aliphatic heterocycles. The van der Waals surface area contributed by atoms with Crippen LogP contribution in [-0.2, 0) is 12.6 Å². The van der Waals surface area contributed by atoms with Gasteiger partial charge in [-0.1, -0.05) is 0 Å². The Kier molecular flexibility index (Phi) is 6.03. The number of nitrogens with one attached hydrogen (secondary N) is 1. The third kappa shape index (κ3) is 4.23. The summed E-state index contributed by atoms with van der Waals surface area (Å²) in [5, 5.41) is 17.4. The number of alkyl halides is 3. The number of aliphatic hydroxyl groups excluding tert-OH is 1. The highest BCUT2D eigenvalue weighted by Crippen LogP contribution is 2.38. The van der Waals surface area contributed by atoms with Crippen LogP contribution in [0.3, 0.4) is 0 Å². The lowest BCUT2D eigenvalue weighted by molar-refractivity contribution is -0.137. The van der Waals surface area contributed by atoms with Crippen molar-refractivity contribution in [2.75, 3.05) is 44.1 Å². The second kappa shape index (κ2) is 9.05. The number of rotatable bonds is 5. The van der Waals surface area contributed by atoms with Crippen LogP contribution in [0.25, 0.3) is 16.9 Å². The minimum atomic E-state index is -4.72.